The van der Waals surface area contributed by atoms with Gasteiger partial charge in [0.25, 0.3) is 5.78 Å². The second-order valence-corrected chi connectivity index (χ2v) is 5.06. The number of nitrogens with zero attached hydrogens (tertiary/aromatic N) is 4. The summed E-state index contributed by atoms with van der Waals surface area (Å²) in [5.41, 5.74) is 6.27. The predicted octanol–water partition coefficient (Wildman–Crippen LogP) is 1.07. The fourth-order valence-electron chi connectivity index (χ4n) is 2.19. The third-order valence-electron chi connectivity index (χ3n) is 2.84. The first-order chi connectivity index (χ1) is 7.99. The van der Waals surface area contributed by atoms with Crippen LogP contribution < -0.4 is 5.73 Å². The van der Waals surface area contributed by atoms with E-state index in [1.165, 1.54) is 0 Å². The van der Waals surface area contributed by atoms with Crippen molar-refractivity contribution in [1.82, 2.24) is 19.6 Å². The summed E-state index contributed by atoms with van der Waals surface area (Å²) in [4.78, 5) is 4.38. The van der Waals surface area contributed by atoms with E-state index in [9.17, 15) is 0 Å². The number of aromatic nitrogens is 4. The molecule has 5 nitrogen and oxygen atoms in total. The lowest BCUT2D eigenvalue weighted by atomic mass is 10.0. The Labute approximate surface area is 101 Å². The number of quaternary nitrogens is 1. The molecule has 17 heavy (non-hydrogen) atoms. The van der Waals surface area contributed by atoms with Crippen LogP contribution in [0, 0.1) is 19.8 Å². The lowest BCUT2D eigenvalue weighted by Gasteiger charge is -2.10. The standard InChI is InChI=1S/C12H19N5/c1-7(2)5-10(13)11-15-16-12-14-8(3)6-9(4)17(11)12/h6-7,10H,5,13H2,1-4H3/p+1/t10-/m1/s1. The molecule has 5 heteroatoms. The Bertz CT molecular complexity index is 529. The quantitative estimate of drug-likeness (QED) is 0.863. The number of aryl methyl sites for hydroxylation is 2. The van der Waals surface area contributed by atoms with Gasteiger partial charge >= 0.3 is 0 Å². The van der Waals surface area contributed by atoms with Gasteiger partial charge in [-0.15, -0.1) is 10.2 Å². The Morgan fingerprint density at radius 2 is 2.00 bits per heavy atom. The van der Waals surface area contributed by atoms with Crippen molar-refractivity contribution in [3.8, 4) is 0 Å². The first-order valence-electron chi connectivity index (χ1n) is 6.01. The zero-order valence-corrected chi connectivity index (χ0v) is 10.9. The van der Waals surface area contributed by atoms with Gasteiger partial charge in [0.2, 0.25) is 0 Å². The molecule has 0 aliphatic carbocycles. The zero-order chi connectivity index (χ0) is 12.6. The molecule has 0 aliphatic heterocycles. The topological polar surface area (TPSA) is 70.7 Å². The molecule has 0 bridgehead atoms. The highest BCUT2D eigenvalue weighted by atomic mass is 15.3. The molecule has 2 rings (SSSR count). The van der Waals surface area contributed by atoms with Gasteiger partial charge in [0.05, 0.1) is 0 Å². The van der Waals surface area contributed by atoms with Crippen molar-refractivity contribution in [3.05, 3.63) is 23.3 Å². The molecule has 0 fully saturated rings. The minimum absolute atomic E-state index is 0.160. The van der Waals surface area contributed by atoms with E-state index in [2.05, 4.69) is 41.7 Å². The first-order valence-corrected chi connectivity index (χ1v) is 6.01. The van der Waals surface area contributed by atoms with Crippen LogP contribution in [0.3, 0.4) is 0 Å². The third kappa shape index (κ3) is 2.29. The maximum Gasteiger partial charge on any atom is 0.255 e. The van der Waals surface area contributed by atoms with Gasteiger partial charge in [-0.3, -0.25) is 4.40 Å². The molecule has 3 N–H and O–H groups in total. The lowest BCUT2D eigenvalue weighted by molar-refractivity contribution is -0.432. The highest BCUT2D eigenvalue weighted by Gasteiger charge is 2.20. The second-order valence-electron chi connectivity index (χ2n) is 5.06. The Kier molecular flexibility index (Phi) is 3.11. The summed E-state index contributed by atoms with van der Waals surface area (Å²) >= 11 is 0. The van der Waals surface area contributed by atoms with Crippen LogP contribution in [0.1, 0.15) is 43.5 Å². The normalized spacial score (nSPS) is 13.5. The van der Waals surface area contributed by atoms with Crippen molar-refractivity contribution in [2.45, 2.75) is 40.2 Å². The molecule has 2 aromatic heterocycles. The van der Waals surface area contributed by atoms with Crippen molar-refractivity contribution in [2.24, 2.45) is 5.92 Å². The first kappa shape index (κ1) is 12.0. The molecule has 0 amide bonds. The highest BCUT2D eigenvalue weighted by molar-refractivity contribution is 5.32. The van der Waals surface area contributed by atoms with E-state index in [0.29, 0.717) is 11.7 Å². The van der Waals surface area contributed by atoms with Gasteiger partial charge in [-0.1, -0.05) is 13.8 Å². The van der Waals surface area contributed by atoms with E-state index in [-0.39, 0.29) is 6.04 Å². The fourth-order valence-corrected chi connectivity index (χ4v) is 2.19. The fraction of sp³-hybridized carbons (Fsp3) is 0.583. The molecule has 0 aliphatic rings. The minimum Gasteiger partial charge on any atom is -0.349 e. The minimum atomic E-state index is 0.160. The van der Waals surface area contributed by atoms with Gasteiger partial charge in [-0.25, -0.2) is 4.98 Å². The number of fused-ring (bicyclic) bond motifs is 1. The average molecular weight is 234 g/mol. The number of hydrogen-bond acceptors (Lipinski definition) is 3. The van der Waals surface area contributed by atoms with E-state index in [1.54, 1.807) is 0 Å². The number of rotatable bonds is 3. The summed E-state index contributed by atoms with van der Waals surface area (Å²) in [7, 11) is 0. The summed E-state index contributed by atoms with van der Waals surface area (Å²) < 4.78 is 2.01. The zero-order valence-electron chi connectivity index (χ0n) is 10.9. The smallest absolute Gasteiger partial charge is 0.255 e. The second kappa shape index (κ2) is 4.41. The van der Waals surface area contributed by atoms with E-state index in [0.717, 1.165) is 23.6 Å². The van der Waals surface area contributed by atoms with Gasteiger partial charge < -0.3 is 5.73 Å². The maximum atomic E-state index is 4.38. The Balaban J connectivity index is 2.49. The molecule has 2 aromatic rings. The lowest BCUT2D eigenvalue weighted by Crippen LogP contribution is -2.54. The SMILES string of the molecule is Cc1cc(C)n2c([C@H]([NH3+])CC(C)C)nnc2n1. The van der Waals surface area contributed by atoms with Crippen LogP contribution in [0.15, 0.2) is 6.07 Å². The van der Waals surface area contributed by atoms with Crippen LogP contribution >= 0.6 is 0 Å². The predicted molar refractivity (Wildman–Crippen MR) is 65.3 cm³/mol. The summed E-state index contributed by atoms with van der Waals surface area (Å²) in [5, 5.41) is 8.37. The van der Waals surface area contributed by atoms with Crippen molar-refractivity contribution in [1.29, 1.82) is 0 Å². The van der Waals surface area contributed by atoms with Crippen LogP contribution in [0.25, 0.3) is 5.78 Å². The van der Waals surface area contributed by atoms with Crippen molar-refractivity contribution in [2.75, 3.05) is 0 Å². The molecule has 0 spiro atoms. The molecular weight excluding hydrogens is 214 g/mol. The third-order valence-corrected chi connectivity index (χ3v) is 2.84. The Morgan fingerprint density at radius 1 is 1.29 bits per heavy atom. The van der Waals surface area contributed by atoms with Crippen LogP contribution in [-0.4, -0.2) is 19.6 Å². The molecule has 2 heterocycles. The Morgan fingerprint density at radius 3 is 2.65 bits per heavy atom. The molecule has 0 unspecified atom stereocenters. The van der Waals surface area contributed by atoms with Crippen molar-refractivity contribution < 1.29 is 5.73 Å². The van der Waals surface area contributed by atoms with Crippen molar-refractivity contribution in [3.63, 3.8) is 0 Å². The van der Waals surface area contributed by atoms with Crippen LogP contribution in [0.2, 0.25) is 0 Å². The number of hydrogen-bond donors (Lipinski definition) is 1. The summed E-state index contributed by atoms with van der Waals surface area (Å²) in [6, 6.07) is 2.20. The molecular formula is C12H20N5+. The van der Waals surface area contributed by atoms with Crippen molar-refractivity contribution >= 4 is 5.78 Å². The summed E-state index contributed by atoms with van der Waals surface area (Å²) in [6.07, 6.45) is 1.01. The molecule has 0 aromatic carbocycles. The van der Waals surface area contributed by atoms with Crippen LogP contribution in [0.4, 0.5) is 0 Å². The molecule has 0 radical (unpaired) electrons. The van der Waals surface area contributed by atoms with E-state index in [4.69, 9.17) is 0 Å². The van der Waals surface area contributed by atoms with Gasteiger partial charge in [0, 0.05) is 17.8 Å². The summed E-state index contributed by atoms with van der Waals surface area (Å²) in [6.45, 7) is 8.40. The molecule has 92 valence electrons. The van der Waals surface area contributed by atoms with E-state index in [1.807, 2.05) is 17.4 Å². The van der Waals surface area contributed by atoms with Crippen LogP contribution in [-0.2, 0) is 0 Å². The van der Waals surface area contributed by atoms with Crippen LogP contribution in [0.5, 0.6) is 0 Å². The monoisotopic (exact) mass is 234 g/mol. The molecule has 0 saturated carbocycles. The summed E-state index contributed by atoms with van der Waals surface area (Å²) in [5.74, 6) is 2.19. The van der Waals surface area contributed by atoms with Gasteiger partial charge in [0.1, 0.15) is 6.04 Å². The maximum absolute atomic E-state index is 4.38. The Hall–Kier alpha value is -1.49. The largest absolute Gasteiger partial charge is 0.349 e. The van der Waals surface area contributed by atoms with Gasteiger partial charge in [-0.05, 0) is 25.8 Å². The van der Waals surface area contributed by atoms with E-state index >= 15 is 0 Å². The highest BCUT2D eigenvalue weighted by Crippen LogP contribution is 2.17. The van der Waals surface area contributed by atoms with Gasteiger partial charge in [-0.2, -0.15) is 0 Å². The van der Waals surface area contributed by atoms with E-state index < -0.39 is 0 Å². The van der Waals surface area contributed by atoms with Gasteiger partial charge in [0.15, 0.2) is 5.82 Å². The molecule has 1 atom stereocenters. The molecule has 0 saturated heterocycles. The average Bonchev–Trinajstić information content (AvgIpc) is 2.59.